The summed E-state index contributed by atoms with van der Waals surface area (Å²) >= 11 is 0. The van der Waals surface area contributed by atoms with Crippen LogP contribution in [0.25, 0.3) is 0 Å². The molecule has 20 heavy (non-hydrogen) atoms. The van der Waals surface area contributed by atoms with E-state index in [4.69, 9.17) is 0 Å². The molecule has 0 aliphatic carbocycles. The minimum atomic E-state index is 0. The van der Waals surface area contributed by atoms with Gasteiger partial charge in [-0.2, -0.15) is 0 Å². The van der Waals surface area contributed by atoms with Crippen LogP contribution in [0.2, 0.25) is 0 Å². The maximum atomic E-state index is 3.84. The molecule has 2 rings (SSSR count). The van der Waals surface area contributed by atoms with Gasteiger partial charge in [-0.1, -0.05) is 66.7 Å². The first-order valence-electron chi connectivity index (χ1n) is 6.71. The molecular weight excluding hydrogens is 266 g/mol. The van der Waals surface area contributed by atoms with Crippen LogP contribution < -0.4 is 0 Å². The summed E-state index contributed by atoms with van der Waals surface area (Å²) in [6, 6.07) is 21.7. The van der Waals surface area contributed by atoms with Crippen molar-refractivity contribution in [1.29, 1.82) is 0 Å². The molecule has 0 aliphatic rings. The Hall–Kier alpha value is -1.57. The molecule has 0 heterocycles. The Morgan fingerprint density at radius 1 is 1.00 bits per heavy atom. The smallest absolute Gasteiger partial charge is 0.0388 e. The molecule has 2 heteroatoms. The van der Waals surface area contributed by atoms with Crippen molar-refractivity contribution in [2.45, 2.75) is 12.5 Å². The molecule has 1 atom stereocenters. The average Bonchev–Trinajstić information content (AvgIpc) is 2.47. The molecule has 0 N–H and O–H groups in total. The van der Waals surface area contributed by atoms with Crippen molar-refractivity contribution in [1.82, 2.24) is 4.90 Å². The summed E-state index contributed by atoms with van der Waals surface area (Å²) in [5, 5.41) is 0. The maximum absolute atomic E-state index is 3.84. The zero-order valence-electron chi connectivity index (χ0n) is 11.9. The molecule has 0 bridgehead atoms. The van der Waals surface area contributed by atoms with Crippen LogP contribution in [0.5, 0.6) is 0 Å². The van der Waals surface area contributed by atoms with Crippen LogP contribution >= 0.6 is 12.4 Å². The van der Waals surface area contributed by atoms with E-state index in [1.165, 1.54) is 11.1 Å². The fourth-order valence-electron chi connectivity index (χ4n) is 2.37. The molecule has 0 radical (unpaired) electrons. The molecule has 1 nitrogen and oxygen atoms in total. The van der Waals surface area contributed by atoms with Crippen LogP contribution in [-0.4, -0.2) is 18.5 Å². The summed E-state index contributed by atoms with van der Waals surface area (Å²) in [6.45, 7) is 4.74. The van der Waals surface area contributed by atoms with Crippen LogP contribution in [0, 0.1) is 0 Å². The number of rotatable bonds is 6. The highest BCUT2D eigenvalue weighted by atomic mass is 35.5. The van der Waals surface area contributed by atoms with Crippen molar-refractivity contribution < 1.29 is 0 Å². The molecule has 2 aromatic rings. The predicted octanol–water partition coefficient (Wildman–Crippen LogP) is 4.51. The monoisotopic (exact) mass is 287 g/mol. The van der Waals surface area contributed by atoms with E-state index in [-0.39, 0.29) is 12.4 Å². The van der Waals surface area contributed by atoms with Crippen molar-refractivity contribution in [2.75, 3.05) is 13.6 Å². The number of nitrogens with zero attached hydrogens (tertiary/aromatic N) is 1. The number of halogens is 1. The van der Waals surface area contributed by atoms with Crippen molar-refractivity contribution >= 4 is 12.4 Å². The predicted molar refractivity (Wildman–Crippen MR) is 89.4 cm³/mol. The summed E-state index contributed by atoms with van der Waals surface area (Å²) in [5.74, 6) is 0. The Bertz CT molecular complexity index is 495. The van der Waals surface area contributed by atoms with E-state index < -0.39 is 0 Å². The van der Waals surface area contributed by atoms with E-state index in [0.29, 0.717) is 6.04 Å². The Morgan fingerprint density at radius 3 is 2.10 bits per heavy atom. The van der Waals surface area contributed by atoms with Crippen LogP contribution in [0.4, 0.5) is 0 Å². The minimum Gasteiger partial charge on any atom is -0.295 e. The third kappa shape index (κ3) is 4.52. The average molecular weight is 288 g/mol. The second kappa shape index (κ2) is 8.57. The van der Waals surface area contributed by atoms with Crippen molar-refractivity contribution in [2.24, 2.45) is 0 Å². The van der Waals surface area contributed by atoms with Crippen molar-refractivity contribution in [3.05, 3.63) is 84.4 Å². The van der Waals surface area contributed by atoms with E-state index >= 15 is 0 Å². The van der Waals surface area contributed by atoms with Crippen LogP contribution in [-0.2, 0) is 6.42 Å². The fraction of sp³-hybridized carbons (Fsp3) is 0.222. The molecule has 0 fully saturated rings. The zero-order chi connectivity index (χ0) is 13.5. The van der Waals surface area contributed by atoms with Gasteiger partial charge < -0.3 is 0 Å². The van der Waals surface area contributed by atoms with Gasteiger partial charge in [-0.15, -0.1) is 19.0 Å². The normalized spacial score (nSPS) is 11.7. The van der Waals surface area contributed by atoms with E-state index in [2.05, 4.69) is 79.2 Å². The first kappa shape index (κ1) is 16.5. The van der Waals surface area contributed by atoms with E-state index in [1.54, 1.807) is 0 Å². The molecule has 0 amide bonds. The highest BCUT2D eigenvalue weighted by molar-refractivity contribution is 5.85. The standard InChI is InChI=1S/C18H21N.ClH/c1-3-14-19(2)18(17-12-8-5-9-13-17)15-16-10-6-4-7-11-16;/h3-13,18H,1,14-15H2,2H3;1H. The molecule has 0 saturated heterocycles. The lowest BCUT2D eigenvalue weighted by Gasteiger charge is -2.27. The van der Waals surface area contributed by atoms with Gasteiger partial charge in [-0.3, -0.25) is 4.90 Å². The summed E-state index contributed by atoms with van der Waals surface area (Å²) in [7, 11) is 2.16. The van der Waals surface area contributed by atoms with Gasteiger partial charge in [0.2, 0.25) is 0 Å². The highest BCUT2D eigenvalue weighted by Gasteiger charge is 2.16. The van der Waals surface area contributed by atoms with Gasteiger partial charge >= 0.3 is 0 Å². The number of likely N-dealkylation sites (N-methyl/N-ethyl adjacent to an activating group) is 1. The molecule has 1 unspecified atom stereocenters. The largest absolute Gasteiger partial charge is 0.295 e. The van der Waals surface area contributed by atoms with Crippen molar-refractivity contribution in [3.8, 4) is 0 Å². The fourth-order valence-corrected chi connectivity index (χ4v) is 2.37. The Kier molecular flexibility index (Phi) is 7.06. The van der Waals surface area contributed by atoms with Gasteiger partial charge in [0.05, 0.1) is 0 Å². The summed E-state index contributed by atoms with van der Waals surface area (Å²) in [4.78, 5) is 2.34. The first-order valence-corrected chi connectivity index (χ1v) is 6.71. The van der Waals surface area contributed by atoms with Crippen molar-refractivity contribution in [3.63, 3.8) is 0 Å². The molecule has 0 saturated carbocycles. The number of hydrogen-bond acceptors (Lipinski definition) is 1. The third-order valence-corrected chi connectivity index (χ3v) is 3.41. The summed E-state index contributed by atoms with van der Waals surface area (Å²) in [6.07, 6.45) is 2.98. The first-order chi connectivity index (χ1) is 9.31. The topological polar surface area (TPSA) is 3.24 Å². The van der Waals surface area contributed by atoms with E-state index in [1.807, 2.05) is 6.08 Å². The SMILES string of the molecule is C=CCN(C)C(Cc1ccccc1)c1ccccc1.Cl. The van der Waals surface area contributed by atoms with Gasteiger partial charge in [0.25, 0.3) is 0 Å². The summed E-state index contributed by atoms with van der Waals surface area (Å²) < 4.78 is 0. The van der Waals surface area contributed by atoms with Gasteiger partial charge in [-0.05, 0) is 24.6 Å². The third-order valence-electron chi connectivity index (χ3n) is 3.41. The van der Waals surface area contributed by atoms with Gasteiger partial charge in [0, 0.05) is 12.6 Å². The Labute approximate surface area is 128 Å². The highest BCUT2D eigenvalue weighted by Crippen LogP contribution is 2.23. The van der Waals surface area contributed by atoms with Crippen LogP contribution in [0.1, 0.15) is 17.2 Å². The quantitative estimate of drug-likeness (QED) is 0.707. The number of benzene rings is 2. The zero-order valence-corrected chi connectivity index (χ0v) is 12.7. The number of hydrogen-bond donors (Lipinski definition) is 0. The molecule has 2 aromatic carbocycles. The Balaban J connectivity index is 0.00000200. The lowest BCUT2D eigenvalue weighted by molar-refractivity contribution is 0.269. The van der Waals surface area contributed by atoms with Crippen LogP contribution in [0.3, 0.4) is 0 Å². The lowest BCUT2D eigenvalue weighted by atomic mass is 9.98. The molecule has 106 valence electrons. The van der Waals surface area contributed by atoms with E-state index in [0.717, 1.165) is 13.0 Å². The van der Waals surface area contributed by atoms with E-state index in [9.17, 15) is 0 Å². The second-order valence-corrected chi connectivity index (χ2v) is 4.84. The Morgan fingerprint density at radius 2 is 1.55 bits per heavy atom. The summed E-state index contributed by atoms with van der Waals surface area (Å²) in [5.41, 5.74) is 2.72. The van der Waals surface area contributed by atoms with Gasteiger partial charge in [0.15, 0.2) is 0 Å². The van der Waals surface area contributed by atoms with Crippen LogP contribution in [0.15, 0.2) is 73.3 Å². The lowest BCUT2D eigenvalue weighted by Crippen LogP contribution is -2.26. The molecule has 0 aromatic heterocycles. The molecule has 0 spiro atoms. The van der Waals surface area contributed by atoms with Gasteiger partial charge in [-0.25, -0.2) is 0 Å². The minimum absolute atomic E-state index is 0. The molecule has 0 aliphatic heterocycles. The molecular formula is C18H22ClN. The maximum Gasteiger partial charge on any atom is 0.0388 e. The van der Waals surface area contributed by atoms with Gasteiger partial charge in [0.1, 0.15) is 0 Å². The second-order valence-electron chi connectivity index (χ2n) is 4.84.